The monoisotopic (exact) mass is 342 g/mol. The number of non-ortho nitro benzene ring substituents is 1. The Morgan fingerprint density at radius 2 is 2.12 bits per heavy atom. The van der Waals surface area contributed by atoms with Gasteiger partial charge in [0, 0.05) is 29.9 Å². The van der Waals surface area contributed by atoms with Crippen LogP contribution in [0, 0.1) is 10.1 Å². The Balaban J connectivity index is 1.75. The molecule has 10 nitrogen and oxygen atoms in total. The van der Waals surface area contributed by atoms with E-state index >= 15 is 0 Å². The van der Waals surface area contributed by atoms with E-state index in [0.29, 0.717) is 5.69 Å². The van der Waals surface area contributed by atoms with Gasteiger partial charge < -0.3 is 4.42 Å². The molecule has 0 unspecified atom stereocenters. The highest BCUT2D eigenvalue weighted by atomic mass is 16.6. The predicted octanol–water partition coefficient (Wildman–Crippen LogP) is 2.67. The Morgan fingerprint density at radius 3 is 2.80 bits per heavy atom. The number of nitrogens with one attached hydrogen (secondary N) is 1. The number of amides is 1. The van der Waals surface area contributed by atoms with Gasteiger partial charge in [0.2, 0.25) is 0 Å². The number of anilines is 1. The summed E-state index contributed by atoms with van der Waals surface area (Å²) in [5.41, 5.74) is 0.410. The van der Waals surface area contributed by atoms with Crippen LogP contribution in [0.25, 0.3) is 11.6 Å². The third-order valence-electron chi connectivity index (χ3n) is 3.32. The second-order valence-corrected chi connectivity index (χ2v) is 5.45. The first-order valence-electron chi connectivity index (χ1n) is 7.39. The number of nitrogens with zero attached hydrogens (tertiary/aromatic N) is 5. The first-order valence-corrected chi connectivity index (χ1v) is 7.39. The molecule has 25 heavy (non-hydrogen) atoms. The molecule has 0 aliphatic heterocycles. The molecule has 3 aromatic rings. The largest absolute Gasteiger partial charge is 0.401 e. The number of nitro groups is 1. The van der Waals surface area contributed by atoms with E-state index in [1.54, 1.807) is 16.9 Å². The molecule has 0 saturated carbocycles. The number of nitro benzene ring substituents is 1. The van der Waals surface area contributed by atoms with Crippen LogP contribution in [0.3, 0.4) is 0 Å². The molecule has 10 heteroatoms. The summed E-state index contributed by atoms with van der Waals surface area (Å²) < 4.78 is 7.11. The van der Waals surface area contributed by atoms with Crippen LogP contribution < -0.4 is 5.32 Å². The lowest BCUT2D eigenvalue weighted by Crippen LogP contribution is -2.12. The van der Waals surface area contributed by atoms with E-state index in [2.05, 4.69) is 20.6 Å². The molecule has 2 heterocycles. The van der Waals surface area contributed by atoms with Crippen LogP contribution >= 0.6 is 0 Å². The van der Waals surface area contributed by atoms with Gasteiger partial charge in [0.1, 0.15) is 5.69 Å². The van der Waals surface area contributed by atoms with Gasteiger partial charge in [-0.15, -0.1) is 5.10 Å². The highest BCUT2D eigenvalue weighted by Gasteiger charge is 2.16. The van der Waals surface area contributed by atoms with Gasteiger partial charge in [-0.25, -0.2) is 0 Å². The van der Waals surface area contributed by atoms with Crippen molar-refractivity contribution in [2.75, 3.05) is 5.32 Å². The zero-order chi connectivity index (χ0) is 18.0. The highest BCUT2D eigenvalue weighted by molar-refractivity contribution is 6.03. The van der Waals surface area contributed by atoms with Gasteiger partial charge >= 0.3 is 6.01 Å². The lowest BCUT2D eigenvalue weighted by molar-refractivity contribution is -0.384. The number of carbonyl (C=O) groups excluding carboxylic acids is 1. The molecule has 0 radical (unpaired) electrons. The second kappa shape index (κ2) is 6.51. The highest BCUT2D eigenvalue weighted by Crippen LogP contribution is 2.20. The molecular formula is C15H14N6O4. The average molecular weight is 342 g/mol. The van der Waals surface area contributed by atoms with Crippen molar-refractivity contribution in [1.82, 2.24) is 20.0 Å². The van der Waals surface area contributed by atoms with E-state index < -0.39 is 10.8 Å². The molecule has 1 amide bonds. The fourth-order valence-electron chi connectivity index (χ4n) is 2.05. The van der Waals surface area contributed by atoms with E-state index in [1.807, 2.05) is 13.8 Å². The molecule has 0 spiro atoms. The Kier molecular flexibility index (Phi) is 4.25. The smallest absolute Gasteiger partial charge is 0.322 e. The molecule has 0 saturated heterocycles. The van der Waals surface area contributed by atoms with Crippen LogP contribution in [0.1, 0.15) is 30.2 Å². The van der Waals surface area contributed by atoms with Crippen molar-refractivity contribution in [3.05, 3.63) is 52.2 Å². The standard InChI is InChI=1S/C15H14N6O4/c1-9(2)20-7-6-12(19-20)14-17-18-15(25-14)16-13(22)10-4-3-5-11(8-10)21(23)24/h3-9H,1-2H3,(H,16,18,22). The molecule has 2 aromatic heterocycles. The molecule has 3 rings (SSSR count). The Hall–Kier alpha value is -3.56. The zero-order valence-corrected chi connectivity index (χ0v) is 13.4. The maximum Gasteiger partial charge on any atom is 0.322 e. The zero-order valence-electron chi connectivity index (χ0n) is 13.4. The number of hydrogen-bond donors (Lipinski definition) is 1. The van der Waals surface area contributed by atoms with E-state index in [-0.39, 0.29) is 29.2 Å². The summed E-state index contributed by atoms with van der Waals surface area (Å²) in [6.45, 7) is 3.96. The SMILES string of the molecule is CC(C)n1ccc(-c2nnc(NC(=O)c3cccc([N+](=O)[O-])c3)o2)n1. The van der Waals surface area contributed by atoms with Gasteiger partial charge in [-0.05, 0) is 26.0 Å². The lowest BCUT2D eigenvalue weighted by atomic mass is 10.2. The first-order chi connectivity index (χ1) is 11.9. The van der Waals surface area contributed by atoms with Crippen molar-refractivity contribution >= 4 is 17.6 Å². The van der Waals surface area contributed by atoms with Gasteiger partial charge in [0.15, 0.2) is 0 Å². The molecule has 0 atom stereocenters. The Bertz CT molecular complexity index is 930. The van der Waals surface area contributed by atoms with Crippen molar-refractivity contribution in [3.8, 4) is 11.6 Å². The van der Waals surface area contributed by atoms with Gasteiger partial charge in [0.25, 0.3) is 17.5 Å². The molecule has 0 fully saturated rings. The summed E-state index contributed by atoms with van der Waals surface area (Å²) in [4.78, 5) is 22.3. The fourth-order valence-corrected chi connectivity index (χ4v) is 2.05. The molecule has 1 aromatic carbocycles. The number of benzene rings is 1. The molecule has 0 aliphatic rings. The van der Waals surface area contributed by atoms with E-state index in [1.165, 1.54) is 18.2 Å². The van der Waals surface area contributed by atoms with Crippen LogP contribution in [0.2, 0.25) is 0 Å². The van der Waals surface area contributed by atoms with E-state index in [0.717, 1.165) is 6.07 Å². The quantitative estimate of drug-likeness (QED) is 0.557. The number of rotatable bonds is 5. The van der Waals surface area contributed by atoms with Crippen LogP contribution in [-0.4, -0.2) is 30.8 Å². The molecule has 1 N–H and O–H groups in total. The number of hydrogen-bond acceptors (Lipinski definition) is 7. The van der Waals surface area contributed by atoms with Crippen molar-refractivity contribution < 1.29 is 14.1 Å². The topological polar surface area (TPSA) is 129 Å². The predicted molar refractivity (Wildman–Crippen MR) is 87.0 cm³/mol. The van der Waals surface area contributed by atoms with E-state index in [4.69, 9.17) is 4.42 Å². The van der Waals surface area contributed by atoms with Gasteiger partial charge in [-0.3, -0.25) is 24.9 Å². The normalized spacial score (nSPS) is 10.8. The number of carbonyl (C=O) groups is 1. The molecule has 0 bridgehead atoms. The minimum absolute atomic E-state index is 0.109. The van der Waals surface area contributed by atoms with Crippen molar-refractivity contribution in [1.29, 1.82) is 0 Å². The third kappa shape index (κ3) is 3.52. The van der Waals surface area contributed by atoms with Crippen LogP contribution in [-0.2, 0) is 0 Å². The van der Waals surface area contributed by atoms with Gasteiger partial charge in [-0.1, -0.05) is 11.2 Å². The summed E-state index contributed by atoms with van der Waals surface area (Å²) >= 11 is 0. The average Bonchev–Trinajstić information content (AvgIpc) is 3.23. The van der Waals surface area contributed by atoms with Crippen LogP contribution in [0.5, 0.6) is 0 Å². The van der Waals surface area contributed by atoms with Crippen molar-refractivity contribution in [2.24, 2.45) is 0 Å². The minimum Gasteiger partial charge on any atom is -0.401 e. The maximum atomic E-state index is 12.1. The van der Waals surface area contributed by atoms with Crippen molar-refractivity contribution in [2.45, 2.75) is 19.9 Å². The van der Waals surface area contributed by atoms with Crippen molar-refractivity contribution in [3.63, 3.8) is 0 Å². The number of aromatic nitrogens is 4. The van der Waals surface area contributed by atoms with Crippen LogP contribution in [0.4, 0.5) is 11.7 Å². The lowest BCUT2D eigenvalue weighted by Gasteiger charge is -2.02. The first kappa shape index (κ1) is 16.3. The minimum atomic E-state index is -0.591. The fraction of sp³-hybridized carbons (Fsp3) is 0.200. The Morgan fingerprint density at radius 1 is 1.32 bits per heavy atom. The van der Waals surface area contributed by atoms with Crippen LogP contribution in [0.15, 0.2) is 40.9 Å². The summed E-state index contributed by atoms with van der Waals surface area (Å²) in [5, 5.41) is 25.0. The van der Waals surface area contributed by atoms with Gasteiger partial charge in [0.05, 0.1) is 4.92 Å². The van der Waals surface area contributed by atoms with Gasteiger partial charge in [-0.2, -0.15) is 5.10 Å². The second-order valence-electron chi connectivity index (χ2n) is 5.45. The maximum absolute atomic E-state index is 12.1. The molecule has 0 aliphatic carbocycles. The van der Waals surface area contributed by atoms with E-state index in [9.17, 15) is 14.9 Å². The molecular weight excluding hydrogens is 328 g/mol. The Labute approximate surface area is 141 Å². The summed E-state index contributed by atoms with van der Waals surface area (Å²) in [6.07, 6.45) is 1.78. The third-order valence-corrected chi connectivity index (χ3v) is 3.32. The molecule has 128 valence electrons. The summed E-state index contributed by atoms with van der Waals surface area (Å²) in [5.74, 6) is -0.430. The summed E-state index contributed by atoms with van der Waals surface area (Å²) in [6, 6.07) is 7.12. The summed E-state index contributed by atoms with van der Waals surface area (Å²) in [7, 11) is 0.